The highest BCUT2D eigenvalue weighted by molar-refractivity contribution is 4.95. The molecule has 1 N–H and O–H groups in total. The Morgan fingerprint density at radius 2 is 2.23 bits per heavy atom. The van der Waals surface area contributed by atoms with Gasteiger partial charge in [0.1, 0.15) is 6.61 Å². The summed E-state index contributed by atoms with van der Waals surface area (Å²) in [4.78, 5) is 12.2. The summed E-state index contributed by atoms with van der Waals surface area (Å²) in [5.41, 5.74) is -1.06. The number of rotatable bonds is 5. The number of nitrogens with zero attached hydrogens (tertiary/aromatic N) is 2. The van der Waals surface area contributed by atoms with Crippen LogP contribution in [0.3, 0.4) is 0 Å². The van der Waals surface area contributed by atoms with Crippen LogP contribution in [0, 0.1) is 10.1 Å². The second-order valence-electron chi connectivity index (χ2n) is 3.70. The molecule has 0 atom stereocenters. The van der Waals surface area contributed by atoms with Crippen LogP contribution in [0.25, 0.3) is 0 Å². The van der Waals surface area contributed by atoms with Gasteiger partial charge >= 0.3 is 0 Å². The maximum Gasteiger partial charge on any atom is 0.269 e. The normalized spacial score (nSPS) is 21.1. The van der Waals surface area contributed by atoms with E-state index >= 15 is 0 Å². The predicted octanol–water partition coefficient (Wildman–Crippen LogP) is 0.110. The van der Waals surface area contributed by atoms with Crippen molar-refractivity contribution in [3.05, 3.63) is 10.1 Å². The molecule has 0 aromatic carbocycles. The first-order valence-electron chi connectivity index (χ1n) is 4.62. The fraction of sp³-hybridized carbons (Fsp3) is 1.00. The second kappa shape index (κ2) is 4.02. The van der Waals surface area contributed by atoms with Crippen LogP contribution in [0.15, 0.2) is 0 Å². The monoisotopic (exact) mass is 188 g/mol. The molecule has 1 fully saturated rings. The Morgan fingerprint density at radius 1 is 1.62 bits per heavy atom. The van der Waals surface area contributed by atoms with Gasteiger partial charge < -0.3 is 5.11 Å². The van der Waals surface area contributed by atoms with Gasteiger partial charge in [0.05, 0.1) is 13.1 Å². The third-order valence-electron chi connectivity index (χ3n) is 2.55. The van der Waals surface area contributed by atoms with Crippen molar-refractivity contribution in [2.24, 2.45) is 0 Å². The minimum absolute atomic E-state index is 0.345. The Morgan fingerprint density at radius 3 is 2.62 bits per heavy atom. The predicted molar refractivity (Wildman–Crippen MR) is 48.2 cm³/mol. The lowest BCUT2D eigenvalue weighted by molar-refractivity contribution is -0.592. The summed E-state index contributed by atoms with van der Waals surface area (Å²) in [5, 5.41) is 19.5. The first-order chi connectivity index (χ1) is 6.14. The lowest BCUT2D eigenvalue weighted by Crippen LogP contribution is -2.67. The van der Waals surface area contributed by atoms with Crippen molar-refractivity contribution in [3.63, 3.8) is 0 Å². The summed E-state index contributed by atoms with van der Waals surface area (Å²) in [6.07, 6.45) is 2.17. The lowest BCUT2D eigenvalue weighted by atomic mass is 9.91. The van der Waals surface area contributed by atoms with E-state index in [4.69, 9.17) is 5.11 Å². The number of hydrogen-bond donors (Lipinski definition) is 1. The van der Waals surface area contributed by atoms with Crippen molar-refractivity contribution in [1.29, 1.82) is 0 Å². The molecule has 0 aromatic rings. The topological polar surface area (TPSA) is 66.6 Å². The first-order valence-corrected chi connectivity index (χ1v) is 4.62. The number of aliphatic hydroxyl groups excluding tert-OH is 1. The van der Waals surface area contributed by atoms with Crippen LogP contribution in [0.5, 0.6) is 0 Å². The van der Waals surface area contributed by atoms with Crippen molar-refractivity contribution < 1.29 is 10.0 Å². The summed E-state index contributed by atoms with van der Waals surface area (Å²) in [6, 6.07) is 0. The van der Waals surface area contributed by atoms with E-state index in [1.807, 2.05) is 4.90 Å². The van der Waals surface area contributed by atoms with E-state index in [-0.39, 0.29) is 11.5 Å². The molecule has 1 aliphatic rings. The van der Waals surface area contributed by atoms with E-state index in [2.05, 4.69) is 6.92 Å². The van der Waals surface area contributed by atoms with E-state index in [0.717, 1.165) is 19.4 Å². The maximum absolute atomic E-state index is 10.6. The lowest BCUT2D eigenvalue weighted by Gasteiger charge is -2.41. The molecule has 0 unspecified atom stereocenters. The van der Waals surface area contributed by atoms with Crippen LogP contribution in [0.4, 0.5) is 0 Å². The van der Waals surface area contributed by atoms with Gasteiger partial charge in [-0.05, 0) is 13.0 Å². The zero-order valence-electron chi connectivity index (χ0n) is 7.90. The highest BCUT2D eigenvalue weighted by Gasteiger charge is 2.53. The number of likely N-dealkylation sites (tertiary alicyclic amines) is 1. The summed E-state index contributed by atoms with van der Waals surface area (Å²) >= 11 is 0. The van der Waals surface area contributed by atoms with Crippen molar-refractivity contribution in [1.82, 2.24) is 4.90 Å². The average molecular weight is 188 g/mol. The fourth-order valence-corrected chi connectivity index (χ4v) is 1.60. The van der Waals surface area contributed by atoms with Crippen LogP contribution < -0.4 is 0 Å². The first kappa shape index (κ1) is 10.4. The van der Waals surface area contributed by atoms with Crippen molar-refractivity contribution in [2.75, 3.05) is 26.2 Å². The van der Waals surface area contributed by atoms with Gasteiger partial charge in [-0.2, -0.15) is 0 Å². The van der Waals surface area contributed by atoms with Gasteiger partial charge in [0.25, 0.3) is 5.54 Å². The van der Waals surface area contributed by atoms with Gasteiger partial charge in [0, 0.05) is 4.92 Å². The van der Waals surface area contributed by atoms with Crippen LogP contribution in [-0.4, -0.2) is 46.7 Å². The molecule has 1 rings (SSSR count). The van der Waals surface area contributed by atoms with Crippen LogP contribution in [0.2, 0.25) is 0 Å². The molecule has 76 valence electrons. The molecule has 0 saturated carbocycles. The quantitative estimate of drug-likeness (QED) is 0.491. The minimum Gasteiger partial charge on any atom is -0.389 e. The molecule has 5 heteroatoms. The molecule has 0 spiro atoms. The van der Waals surface area contributed by atoms with Gasteiger partial charge in [-0.1, -0.05) is 13.3 Å². The standard InChI is InChI=1S/C8H16N2O3/c1-2-3-4-9-5-8(6-9,7-11)10(12)13/h11H,2-7H2,1H3. The number of aliphatic hydroxyl groups is 1. The Balaban J connectivity index is 2.32. The molecule has 13 heavy (non-hydrogen) atoms. The molecule has 1 saturated heterocycles. The van der Waals surface area contributed by atoms with Gasteiger partial charge in [0.2, 0.25) is 0 Å². The number of hydrogen-bond acceptors (Lipinski definition) is 4. The Hall–Kier alpha value is -0.680. The highest BCUT2D eigenvalue weighted by atomic mass is 16.6. The summed E-state index contributed by atoms with van der Waals surface area (Å²) in [5.74, 6) is 0. The summed E-state index contributed by atoms with van der Waals surface area (Å²) in [6.45, 7) is 3.45. The molecule has 0 bridgehead atoms. The smallest absolute Gasteiger partial charge is 0.269 e. The van der Waals surface area contributed by atoms with E-state index in [1.54, 1.807) is 0 Å². The third kappa shape index (κ3) is 1.97. The highest BCUT2D eigenvalue weighted by Crippen LogP contribution is 2.23. The summed E-state index contributed by atoms with van der Waals surface area (Å²) < 4.78 is 0. The van der Waals surface area contributed by atoms with E-state index < -0.39 is 5.54 Å². The summed E-state index contributed by atoms with van der Waals surface area (Å²) in [7, 11) is 0. The van der Waals surface area contributed by atoms with Crippen molar-refractivity contribution in [2.45, 2.75) is 25.3 Å². The number of unbranched alkanes of at least 4 members (excludes halogenated alkanes) is 1. The molecule has 5 nitrogen and oxygen atoms in total. The molecular weight excluding hydrogens is 172 g/mol. The Labute approximate surface area is 77.5 Å². The van der Waals surface area contributed by atoms with Gasteiger partial charge in [-0.3, -0.25) is 15.0 Å². The van der Waals surface area contributed by atoms with Crippen LogP contribution in [-0.2, 0) is 0 Å². The maximum atomic E-state index is 10.6. The third-order valence-corrected chi connectivity index (χ3v) is 2.55. The van der Waals surface area contributed by atoms with Crippen molar-refractivity contribution in [3.8, 4) is 0 Å². The van der Waals surface area contributed by atoms with E-state index in [1.165, 1.54) is 0 Å². The van der Waals surface area contributed by atoms with Crippen molar-refractivity contribution >= 4 is 0 Å². The second-order valence-corrected chi connectivity index (χ2v) is 3.70. The SMILES string of the molecule is CCCCN1CC(CO)([N+](=O)[O-])C1. The van der Waals surface area contributed by atoms with Gasteiger partial charge in [-0.15, -0.1) is 0 Å². The van der Waals surface area contributed by atoms with E-state index in [9.17, 15) is 10.1 Å². The van der Waals surface area contributed by atoms with Crippen LogP contribution in [0.1, 0.15) is 19.8 Å². The molecular formula is C8H16N2O3. The van der Waals surface area contributed by atoms with Gasteiger partial charge in [0.15, 0.2) is 0 Å². The average Bonchev–Trinajstić information content (AvgIpc) is 2.02. The van der Waals surface area contributed by atoms with Gasteiger partial charge in [-0.25, -0.2) is 0 Å². The zero-order valence-corrected chi connectivity index (χ0v) is 7.90. The fourth-order valence-electron chi connectivity index (χ4n) is 1.60. The zero-order chi connectivity index (χ0) is 9.90. The van der Waals surface area contributed by atoms with E-state index in [0.29, 0.717) is 13.1 Å². The molecule has 0 radical (unpaired) electrons. The molecule has 0 aromatic heterocycles. The van der Waals surface area contributed by atoms with Crippen LogP contribution >= 0.6 is 0 Å². The Kier molecular flexibility index (Phi) is 3.22. The number of nitro groups is 1. The molecule has 1 aliphatic heterocycles. The minimum atomic E-state index is -1.06. The largest absolute Gasteiger partial charge is 0.389 e. The molecule has 0 amide bonds. The molecule has 1 heterocycles. The Bertz CT molecular complexity index is 190. The molecule has 0 aliphatic carbocycles.